The smallest absolute Gasteiger partial charge is 0.253 e. The van der Waals surface area contributed by atoms with Gasteiger partial charge in [0.15, 0.2) is 0 Å². The molecule has 46 valence electrons. The summed E-state index contributed by atoms with van der Waals surface area (Å²) in [6, 6.07) is 0. The van der Waals surface area contributed by atoms with Gasteiger partial charge in [-0.3, -0.25) is 4.79 Å². The fourth-order valence-electron chi connectivity index (χ4n) is 0.288. The molecule has 8 heavy (non-hydrogen) atoms. The van der Waals surface area contributed by atoms with E-state index in [0.717, 1.165) is 0 Å². The van der Waals surface area contributed by atoms with Crippen LogP contribution in [0.15, 0.2) is 5.10 Å². The third-order valence-electron chi connectivity index (χ3n) is 0.541. The number of nitrogens with zero attached hydrogens (tertiary/aromatic N) is 1. The number of hydrogen-bond donors (Lipinski definition) is 2. The Bertz CT molecular complexity index is 91.3. The van der Waals surface area contributed by atoms with Gasteiger partial charge in [0.25, 0.3) is 5.91 Å². The average Bonchev–Trinajstić information content (AvgIpc) is 1.68. The van der Waals surface area contributed by atoms with Crippen molar-refractivity contribution in [3.05, 3.63) is 0 Å². The van der Waals surface area contributed by atoms with Crippen molar-refractivity contribution >= 4 is 12.6 Å². The quantitative estimate of drug-likeness (QED) is 0.364. The number of hydrazone groups is 1. The normalized spacial score (nSPS) is 8.12. The summed E-state index contributed by atoms with van der Waals surface area (Å²) in [4.78, 5) is 10.3. The van der Waals surface area contributed by atoms with E-state index in [0.29, 0.717) is 0 Å². The first-order chi connectivity index (χ1) is 3.81. The topological polar surface area (TPSA) is 53.5 Å². The van der Waals surface area contributed by atoms with E-state index in [1.54, 1.807) is 7.05 Å². The molecular weight excluding hydrogens is 106 g/mol. The molecule has 0 bridgehead atoms. The van der Waals surface area contributed by atoms with Crippen LogP contribution >= 0.6 is 0 Å². The van der Waals surface area contributed by atoms with E-state index in [2.05, 4.69) is 22.6 Å². The van der Waals surface area contributed by atoms with Crippen LogP contribution in [0, 0.1) is 0 Å². The van der Waals surface area contributed by atoms with Gasteiger partial charge in [0, 0.05) is 6.72 Å². The molecule has 0 aliphatic carbocycles. The summed E-state index contributed by atoms with van der Waals surface area (Å²) in [5, 5.41) is 5.82. The van der Waals surface area contributed by atoms with Gasteiger partial charge in [-0.25, -0.2) is 5.43 Å². The largest absolute Gasteiger partial charge is 0.311 e. The lowest BCUT2D eigenvalue weighted by molar-refractivity contribution is -0.120. The summed E-state index contributed by atoms with van der Waals surface area (Å²) < 4.78 is 0. The molecule has 0 aliphatic heterocycles. The Balaban J connectivity index is 3.18. The fraction of sp³-hybridized carbons (Fsp3) is 0.500. The highest BCUT2D eigenvalue weighted by Gasteiger charge is 1.91. The molecule has 2 N–H and O–H groups in total. The van der Waals surface area contributed by atoms with Crippen molar-refractivity contribution in [1.82, 2.24) is 10.7 Å². The Kier molecular flexibility index (Phi) is 3.78. The van der Waals surface area contributed by atoms with Gasteiger partial charge < -0.3 is 5.32 Å². The molecule has 4 nitrogen and oxygen atoms in total. The van der Waals surface area contributed by atoms with E-state index in [1.807, 2.05) is 0 Å². The zero-order chi connectivity index (χ0) is 6.41. The highest BCUT2D eigenvalue weighted by Crippen LogP contribution is 1.58. The highest BCUT2D eigenvalue weighted by atomic mass is 16.2. The Morgan fingerprint density at radius 1 is 1.88 bits per heavy atom. The maximum absolute atomic E-state index is 10.3. The van der Waals surface area contributed by atoms with Gasteiger partial charge in [-0.15, -0.1) is 0 Å². The summed E-state index contributed by atoms with van der Waals surface area (Å²) >= 11 is 0. The number of likely N-dealkylation sites (N-methyl/N-ethyl adjacent to an activating group) is 1. The van der Waals surface area contributed by atoms with Crippen molar-refractivity contribution in [2.45, 2.75) is 0 Å². The minimum atomic E-state index is -0.178. The molecule has 0 radical (unpaired) electrons. The van der Waals surface area contributed by atoms with Crippen LogP contribution in [0.25, 0.3) is 0 Å². The first-order valence-corrected chi connectivity index (χ1v) is 2.20. The van der Waals surface area contributed by atoms with Crippen LogP contribution in [0.1, 0.15) is 0 Å². The molecule has 0 atom stereocenters. The summed E-state index contributed by atoms with van der Waals surface area (Å²) in [6.07, 6.45) is 0. The zero-order valence-corrected chi connectivity index (χ0v) is 4.77. The summed E-state index contributed by atoms with van der Waals surface area (Å²) in [6.45, 7) is 3.35. The number of hydrogen-bond acceptors (Lipinski definition) is 3. The van der Waals surface area contributed by atoms with Crippen LogP contribution in [0.3, 0.4) is 0 Å². The minimum absolute atomic E-state index is 0.178. The average molecular weight is 115 g/mol. The maximum Gasteiger partial charge on any atom is 0.253 e. The van der Waals surface area contributed by atoms with E-state index in [-0.39, 0.29) is 12.5 Å². The maximum atomic E-state index is 10.3. The summed E-state index contributed by atoms with van der Waals surface area (Å²) in [5.74, 6) is -0.178. The number of carbonyl (C=O) groups is 1. The van der Waals surface area contributed by atoms with E-state index in [9.17, 15) is 4.79 Å². The van der Waals surface area contributed by atoms with Gasteiger partial charge in [-0.05, 0) is 7.05 Å². The third kappa shape index (κ3) is 3.30. The number of carbonyl (C=O) groups excluding carboxylic acids is 1. The second-order valence-corrected chi connectivity index (χ2v) is 1.22. The van der Waals surface area contributed by atoms with Crippen LogP contribution < -0.4 is 10.7 Å². The molecular formula is C4H9N3O. The predicted molar refractivity (Wildman–Crippen MR) is 31.6 cm³/mol. The van der Waals surface area contributed by atoms with Gasteiger partial charge in [0.2, 0.25) is 0 Å². The van der Waals surface area contributed by atoms with Crippen molar-refractivity contribution in [2.24, 2.45) is 5.10 Å². The Labute approximate surface area is 48.0 Å². The molecule has 0 saturated heterocycles. The van der Waals surface area contributed by atoms with E-state index < -0.39 is 0 Å². The van der Waals surface area contributed by atoms with Crippen molar-refractivity contribution < 1.29 is 4.79 Å². The van der Waals surface area contributed by atoms with Gasteiger partial charge in [0.05, 0.1) is 6.54 Å². The fourth-order valence-corrected chi connectivity index (χ4v) is 0.288. The molecule has 0 saturated carbocycles. The standard InChI is InChI=1S/C4H9N3O/c1-5-3-4(8)7-6-2/h5H,2-3H2,1H3,(H,7,8). The van der Waals surface area contributed by atoms with Gasteiger partial charge in [-0.1, -0.05) is 0 Å². The van der Waals surface area contributed by atoms with Gasteiger partial charge in [0.1, 0.15) is 0 Å². The summed E-state index contributed by atoms with van der Waals surface area (Å²) in [5.41, 5.74) is 2.16. The SMILES string of the molecule is C=NNC(=O)CNC. The Morgan fingerprint density at radius 3 is 2.88 bits per heavy atom. The third-order valence-corrected chi connectivity index (χ3v) is 0.541. The Hall–Kier alpha value is -0.900. The lowest BCUT2D eigenvalue weighted by Crippen LogP contribution is -2.28. The molecule has 0 heterocycles. The van der Waals surface area contributed by atoms with Gasteiger partial charge >= 0.3 is 0 Å². The number of nitrogens with one attached hydrogen (secondary N) is 2. The predicted octanol–water partition coefficient (Wildman–Crippen LogP) is -1.06. The zero-order valence-electron chi connectivity index (χ0n) is 4.77. The van der Waals surface area contributed by atoms with Crippen LogP contribution in [0.4, 0.5) is 0 Å². The molecule has 1 amide bonds. The second-order valence-electron chi connectivity index (χ2n) is 1.22. The van der Waals surface area contributed by atoms with Crippen molar-refractivity contribution in [3.8, 4) is 0 Å². The second kappa shape index (κ2) is 4.26. The molecule has 0 aromatic carbocycles. The Morgan fingerprint density at radius 2 is 2.50 bits per heavy atom. The molecule has 0 aromatic heterocycles. The molecule has 0 spiro atoms. The molecule has 0 fully saturated rings. The monoisotopic (exact) mass is 115 g/mol. The van der Waals surface area contributed by atoms with Crippen LogP contribution in [0.2, 0.25) is 0 Å². The van der Waals surface area contributed by atoms with Crippen LogP contribution in [-0.2, 0) is 4.79 Å². The molecule has 4 heteroatoms. The summed E-state index contributed by atoms with van der Waals surface area (Å²) in [7, 11) is 1.68. The minimum Gasteiger partial charge on any atom is -0.311 e. The number of rotatable bonds is 3. The van der Waals surface area contributed by atoms with Crippen molar-refractivity contribution in [1.29, 1.82) is 0 Å². The van der Waals surface area contributed by atoms with E-state index >= 15 is 0 Å². The highest BCUT2D eigenvalue weighted by molar-refractivity contribution is 5.77. The van der Waals surface area contributed by atoms with Crippen LogP contribution in [-0.4, -0.2) is 26.2 Å². The first-order valence-electron chi connectivity index (χ1n) is 2.20. The lowest BCUT2D eigenvalue weighted by atomic mass is 10.6. The van der Waals surface area contributed by atoms with Crippen molar-refractivity contribution in [3.63, 3.8) is 0 Å². The van der Waals surface area contributed by atoms with Crippen molar-refractivity contribution in [2.75, 3.05) is 13.6 Å². The lowest BCUT2D eigenvalue weighted by Gasteiger charge is -1.93. The molecule has 0 unspecified atom stereocenters. The van der Waals surface area contributed by atoms with Gasteiger partial charge in [-0.2, -0.15) is 5.10 Å². The molecule has 0 aliphatic rings. The van der Waals surface area contributed by atoms with E-state index in [4.69, 9.17) is 0 Å². The first kappa shape index (κ1) is 7.10. The number of amides is 1. The molecule has 0 rings (SSSR count). The van der Waals surface area contributed by atoms with E-state index in [1.165, 1.54) is 0 Å². The molecule has 0 aromatic rings. The van der Waals surface area contributed by atoms with Crippen LogP contribution in [0.5, 0.6) is 0 Å².